The van der Waals surface area contributed by atoms with Gasteiger partial charge in [-0.15, -0.1) is 11.8 Å². The number of hydrogen-bond donors (Lipinski definition) is 0. The molecule has 0 aliphatic carbocycles. The van der Waals surface area contributed by atoms with Gasteiger partial charge in [0.15, 0.2) is 0 Å². The number of rotatable bonds is 6. The van der Waals surface area contributed by atoms with Crippen molar-refractivity contribution in [2.45, 2.75) is 37.1 Å². The average Bonchev–Trinajstić information content (AvgIpc) is 2.53. The van der Waals surface area contributed by atoms with Crippen molar-refractivity contribution in [1.29, 1.82) is 0 Å². The number of nitrogens with zero attached hydrogens (tertiary/aromatic N) is 1. The molecule has 6 heteroatoms. The van der Waals surface area contributed by atoms with E-state index in [1.165, 1.54) is 4.31 Å². The summed E-state index contributed by atoms with van der Waals surface area (Å²) in [4.78, 5) is 1.43. The highest BCUT2D eigenvalue weighted by Crippen LogP contribution is 2.30. The van der Waals surface area contributed by atoms with Gasteiger partial charge in [0.05, 0.1) is 12.0 Å². The third kappa shape index (κ3) is 4.19. The van der Waals surface area contributed by atoms with Crippen LogP contribution in [0.25, 0.3) is 0 Å². The van der Waals surface area contributed by atoms with Crippen molar-refractivity contribution in [2.75, 3.05) is 20.4 Å². The maximum absolute atomic E-state index is 13.1. The Labute approximate surface area is 155 Å². The topological polar surface area (TPSA) is 46.6 Å². The van der Waals surface area contributed by atoms with Crippen LogP contribution in [0, 0.1) is 20.8 Å². The zero-order valence-electron chi connectivity index (χ0n) is 15.6. The van der Waals surface area contributed by atoms with E-state index in [9.17, 15) is 8.42 Å². The first-order valence-corrected chi connectivity index (χ1v) is 10.6. The summed E-state index contributed by atoms with van der Waals surface area (Å²) in [5.41, 5.74) is 3.51. The number of benzene rings is 2. The third-order valence-electron chi connectivity index (χ3n) is 4.13. The van der Waals surface area contributed by atoms with Gasteiger partial charge in [0.2, 0.25) is 10.0 Å². The Hall–Kier alpha value is -1.50. The zero-order valence-corrected chi connectivity index (χ0v) is 17.2. The molecule has 0 fully saturated rings. The Morgan fingerprint density at radius 3 is 2.20 bits per heavy atom. The summed E-state index contributed by atoms with van der Waals surface area (Å²) in [7, 11) is -0.326. The van der Waals surface area contributed by atoms with Crippen LogP contribution in [0.2, 0.25) is 0 Å². The molecule has 0 N–H and O–H groups in total. The summed E-state index contributed by atoms with van der Waals surface area (Å²) in [5, 5.41) is 0. The molecule has 0 saturated carbocycles. The monoisotopic (exact) mass is 379 g/mol. The van der Waals surface area contributed by atoms with E-state index in [-0.39, 0.29) is 0 Å². The summed E-state index contributed by atoms with van der Waals surface area (Å²) in [6.45, 7) is 5.95. The number of sulfonamides is 1. The van der Waals surface area contributed by atoms with Gasteiger partial charge in [-0.05, 0) is 55.9 Å². The molecule has 0 atom stereocenters. The molecular formula is C19H25NO3S2. The van der Waals surface area contributed by atoms with Crippen molar-refractivity contribution in [1.82, 2.24) is 4.31 Å². The van der Waals surface area contributed by atoms with Gasteiger partial charge in [-0.3, -0.25) is 0 Å². The van der Waals surface area contributed by atoms with Crippen LogP contribution in [0.3, 0.4) is 0 Å². The number of thioether (sulfide) groups is 1. The number of methoxy groups -OCH3 is 1. The molecule has 0 aromatic heterocycles. The fraction of sp³-hybridized carbons (Fsp3) is 0.368. The van der Waals surface area contributed by atoms with Gasteiger partial charge in [-0.2, -0.15) is 4.31 Å². The molecule has 2 aromatic rings. The molecule has 0 radical (unpaired) electrons. The standard InChI is InChI=1S/C19H25NO3S2/c1-13-9-14(2)19(15(3)10-13)25(21,22)20(4)12-16-7-8-18(24-6)17(11-16)23-5/h7-11H,12H2,1-6H3. The van der Waals surface area contributed by atoms with E-state index >= 15 is 0 Å². The zero-order chi connectivity index (χ0) is 18.8. The molecule has 2 rings (SSSR count). The van der Waals surface area contributed by atoms with Crippen LogP contribution >= 0.6 is 11.8 Å². The number of hydrogen-bond acceptors (Lipinski definition) is 4. The minimum atomic E-state index is -3.56. The normalized spacial score (nSPS) is 11.8. The molecule has 0 aliphatic heterocycles. The number of aryl methyl sites for hydroxylation is 3. The summed E-state index contributed by atoms with van der Waals surface area (Å²) in [6, 6.07) is 9.61. The van der Waals surface area contributed by atoms with Crippen molar-refractivity contribution in [2.24, 2.45) is 0 Å². The minimum Gasteiger partial charge on any atom is -0.496 e. The van der Waals surface area contributed by atoms with Crippen LogP contribution in [-0.2, 0) is 16.6 Å². The van der Waals surface area contributed by atoms with E-state index in [0.717, 1.165) is 32.9 Å². The molecule has 0 amide bonds. The fourth-order valence-electron chi connectivity index (χ4n) is 3.05. The van der Waals surface area contributed by atoms with Crippen LogP contribution in [-0.4, -0.2) is 33.1 Å². The second kappa shape index (κ2) is 7.81. The second-order valence-electron chi connectivity index (χ2n) is 6.18. The van der Waals surface area contributed by atoms with Crippen molar-refractivity contribution in [3.05, 3.63) is 52.6 Å². The van der Waals surface area contributed by atoms with Crippen molar-refractivity contribution < 1.29 is 13.2 Å². The first-order valence-electron chi connectivity index (χ1n) is 7.95. The largest absolute Gasteiger partial charge is 0.496 e. The molecule has 0 heterocycles. The van der Waals surface area contributed by atoms with E-state index < -0.39 is 10.0 Å². The van der Waals surface area contributed by atoms with Gasteiger partial charge < -0.3 is 4.74 Å². The lowest BCUT2D eigenvalue weighted by Gasteiger charge is -2.21. The Bertz CT molecular complexity index is 853. The van der Waals surface area contributed by atoms with Gasteiger partial charge in [0.25, 0.3) is 0 Å². The Kier molecular flexibility index (Phi) is 6.19. The molecule has 0 aliphatic rings. The van der Waals surface area contributed by atoms with E-state index in [4.69, 9.17) is 4.74 Å². The van der Waals surface area contributed by atoms with E-state index in [1.807, 2.05) is 57.4 Å². The maximum Gasteiger partial charge on any atom is 0.243 e. The van der Waals surface area contributed by atoms with E-state index in [0.29, 0.717) is 11.4 Å². The predicted molar refractivity (Wildman–Crippen MR) is 104 cm³/mol. The summed E-state index contributed by atoms with van der Waals surface area (Å²) in [5.74, 6) is 0.762. The van der Waals surface area contributed by atoms with Gasteiger partial charge in [0.1, 0.15) is 5.75 Å². The van der Waals surface area contributed by atoms with E-state index in [1.54, 1.807) is 25.9 Å². The molecule has 0 saturated heterocycles. The minimum absolute atomic E-state index is 0.292. The van der Waals surface area contributed by atoms with Crippen LogP contribution in [0.1, 0.15) is 22.3 Å². The fourth-order valence-corrected chi connectivity index (χ4v) is 5.16. The summed E-state index contributed by atoms with van der Waals surface area (Å²) in [6.07, 6.45) is 1.98. The third-order valence-corrected chi connectivity index (χ3v) is 7.01. The van der Waals surface area contributed by atoms with Crippen LogP contribution in [0.5, 0.6) is 5.75 Å². The van der Waals surface area contributed by atoms with Crippen LogP contribution in [0.4, 0.5) is 0 Å². The van der Waals surface area contributed by atoms with Crippen LogP contribution < -0.4 is 4.74 Å². The van der Waals surface area contributed by atoms with Crippen molar-refractivity contribution in [3.63, 3.8) is 0 Å². The highest BCUT2D eigenvalue weighted by molar-refractivity contribution is 7.98. The molecule has 136 valence electrons. The Morgan fingerprint density at radius 2 is 1.68 bits per heavy atom. The molecule has 0 spiro atoms. The molecule has 0 bridgehead atoms. The first kappa shape index (κ1) is 19.8. The quantitative estimate of drug-likeness (QED) is 0.707. The Morgan fingerprint density at radius 1 is 1.08 bits per heavy atom. The summed E-state index contributed by atoms with van der Waals surface area (Å²) >= 11 is 1.60. The molecule has 25 heavy (non-hydrogen) atoms. The second-order valence-corrected chi connectivity index (χ2v) is 9.01. The smallest absolute Gasteiger partial charge is 0.243 e. The summed E-state index contributed by atoms with van der Waals surface area (Å²) < 4.78 is 32.9. The predicted octanol–water partition coefficient (Wildman–Crippen LogP) is 4.16. The lowest BCUT2D eigenvalue weighted by atomic mass is 10.1. The lowest BCUT2D eigenvalue weighted by molar-refractivity contribution is 0.402. The molecule has 2 aromatic carbocycles. The van der Waals surface area contributed by atoms with Crippen molar-refractivity contribution in [3.8, 4) is 5.75 Å². The number of ether oxygens (including phenoxy) is 1. The average molecular weight is 380 g/mol. The highest BCUT2D eigenvalue weighted by Gasteiger charge is 2.25. The Balaban J connectivity index is 2.36. The van der Waals surface area contributed by atoms with Crippen molar-refractivity contribution >= 4 is 21.8 Å². The molecular weight excluding hydrogens is 354 g/mol. The van der Waals surface area contributed by atoms with E-state index in [2.05, 4.69) is 0 Å². The highest BCUT2D eigenvalue weighted by atomic mass is 32.2. The first-order chi connectivity index (χ1) is 11.7. The SMILES string of the molecule is COc1cc(CN(C)S(=O)(=O)c2c(C)cc(C)cc2C)ccc1SC. The van der Waals surface area contributed by atoms with Gasteiger partial charge in [-0.25, -0.2) is 8.42 Å². The van der Waals surface area contributed by atoms with Crippen LogP contribution in [0.15, 0.2) is 40.1 Å². The van der Waals surface area contributed by atoms with Gasteiger partial charge in [0, 0.05) is 18.5 Å². The maximum atomic E-state index is 13.1. The molecule has 0 unspecified atom stereocenters. The van der Waals surface area contributed by atoms with Gasteiger partial charge >= 0.3 is 0 Å². The molecule has 4 nitrogen and oxygen atoms in total. The lowest BCUT2D eigenvalue weighted by Crippen LogP contribution is -2.28. The van der Waals surface area contributed by atoms with Gasteiger partial charge in [-0.1, -0.05) is 23.8 Å².